The van der Waals surface area contributed by atoms with Crippen molar-refractivity contribution >= 4 is 29.8 Å². The molecular weight excluding hydrogens is 410 g/mol. The molecule has 1 fully saturated rings. The molecule has 1 aromatic rings. The first-order valence-electron chi connectivity index (χ1n) is 10.8. The molecule has 1 N–H and O–H groups in total. The fourth-order valence-electron chi connectivity index (χ4n) is 3.29. The highest BCUT2D eigenvalue weighted by Crippen LogP contribution is 2.19. The molecule has 0 radical (unpaired) electrons. The van der Waals surface area contributed by atoms with E-state index in [4.69, 9.17) is 4.74 Å². The minimum atomic E-state index is -0.446. The number of amides is 3. The number of nitrogens with one attached hydrogen (secondary N) is 1. The van der Waals surface area contributed by atoms with E-state index in [1.165, 1.54) is 18.0 Å². The van der Waals surface area contributed by atoms with Crippen LogP contribution in [-0.4, -0.2) is 72.3 Å². The van der Waals surface area contributed by atoms with Crippen LogP contribution in [0.1, 0.15) is 39.2 Å². The lowest BCUT2D eigenvalue weighted by molar-refractivity contribution is -0.157. The molecular formula is C24H33N3O5. The lowest BCUT2D eigenvalue weighted by Crippen LogP contribution is -2.47. The monoisotopic (exact) mass is 443 g/mol. The van der Waals surface area contributed by atoms with Crippen molar-refractivity contribution in [1.29, 1.82) is 0 Å². The summed E-state index contributed by atoms with van der Waals surface area (Å²) >= 11 is 0. The molecule has 2 rings (SSSR count). The van der Waals surface area contributed by atoms with Crippen LogP contribution in [0.25, 0.3) is 6.08 Å². The number of hydrogen-bond donors (Lipinski definition) is 1. The lowest BCUT2D eigenvalue weighted by Gasteiger charge is -2.30. The van der Waals surface area contributed by atoms with Crippen LogP contribution in [0, 0.1) is 5.92 Å². The van der Waals surface area contributed by atoms with Crippen molar-refractivity contribution in [2.75, 3.05) is 33.3 Å². The summed E-state index contributed by atoms with van der Waals surface area (Å²) in [5.74, 6) is -1.61. The molecule has 8 heteroatoms. The molecule has 0 unspecified atom stereocenters. The second-order valence-corrected chi connectivity index (χ2v) is 9.00. The summed E-state index contributed by atoms with van der Waals surface area (Å²) < 4.78 is 5.17. The predicted octanol–water partition coefficient (Wildman–Crippen LogP) is 1.85. The topological polar surface area (TPSA) is 96.0 Å². The highest BCUT2D eigenvalue weighted by atomic mass is 16.5. The van der Waals surface area contributed by atoms with E-state index in [2.05, 4.69) is 5.32 Å². The number of carbonyl (C=O) groups is 4. The van der Waals surface area contributed by atoms with Crippen LogP contribution in [-0.2, 0) is 23.9 Å². The van der Waals surface area contributed by atoms with Gasteiger partial charge in [0.1, 0.15) is 0 Å². The van der Waals surface area contributed by atoms with Gasteiger partial charge in [-0.25, -0.2) is 0 Å². The first kappa shape index (κ1) is 25.1. The van der Waals surface area contributed by atoms with E-state index in [9.17, 15) is 19.2 Å². The maximum atomic E-state index is 12.4. The Labute approximate surface area is 189 Å². The molecule has 174 valence electrons. The number of benzene rings is 1. The smallest absolute Gasteiger partial charge is 0.309 e. The number of piperidine rings is 1. The Balaban J connectivity index is 1.72. The predicted molar refractivity (Wildman–Crippen MR) is 121 cm³/mol. The minimum Gasteiger partial charge on any atom is -0.455 e. The van der Waals surface area contributed by atoms with Gasteiger partial charge in [-0.3, -0.25) is 19.2 Å². The van der Waals surface area contributed by atoms with Gasteiger partial charge in [-0.05, 0) is 45.3 Å². The molecule has 3 amide bonds. The molecule has 8 nitrogen and oxygen atoms in total. The third-order valence-corrected chi connectivity index (χ3v) is 5.02. The van der Waals surface area contributed by atoms with Crippen LogP contribution in [0.5, 0.6) is 0 Å². The molecule has 32 heavy (non-hydrogen) atoms. The molecule has 0 aliphatic carbocycles. The summed E-state index contributed by atoms with van der Waals surface area (Å²) in [4.78, 5) is 51.7. The lowest BCUT2D eigenvalue weighted by atomic mass is 9.97. The van der Waals surface area contributed by atoms with Crippen molar-refractivity contribution in [3.05, 3.63) is 42.0 Å². The van der Waals surface area contributed by atoms with Gasteiger partial charge >= 0.3 is 5.97 Å². The van der Waals surface area contributed by atoms with E-state index in [1.54, 1.807) is 11.0 Å². The third kappa shape index (κ3) is 8.53. The SMILES string of the molecule is CN(CC(=O)NC(C)(C)C)C(=O)COC(=O)C1CCN(C(=O)/C=C/c2ccccc2)CC1. The fraction of sp³-hybridized carbons (Fsp3) is 0.500. The maximum absolute atomic E-state index is 12.4. The average Bonchev–Trinajstić information content (AvgIpc) is 2.75. The standard InChI is InChI=1S/C24H33N3O5/c1-24(2,3)25-20(28)16-26(4)22(30)17-32-23(31)19-12-14-27(15-13-19)21(29)11-10-18-8-6-5-7-9-18/h5-11,19H,12-17H2,1-4H3,(H,25,28)/b11-10+. The highest BCUT2D eigenvalue weighted by Gasteiger charge is 2.28. The summed E-state index contributed by atoms with van der Waals surface area (Å²) in [5, 5.41) is 2.78. The molecule has 1 saturated heterocycles. The van der Waals surface area contributed by atoms with Gasteiger partial charge in [0.25, 0.3) is 5.91 Å². The second-order valence-electron chi connectivity index (χ2n) is 9.00. The van der Waals surface area contributed by atoms with Crippen molar-refractivity contribution < 1.29 is 23.9 Å². The van der Waals surface area contributed by atoms with Crippen LogP contribution in [0.3, 0.4) is 0 Å². The van der Waals surface area contributed by atoms with Crippen molar-refractivity contribution in [3.63, 3.8) is 0 Å². The summed E-state index contributed by atoms with van der Waals surface area (Å²) in [5.41, 5.74) is 0.561. The van der Waals surface area contributed by atoms with Crippen LogP contribution >= 0.6 is 0 Å². The maximum Gasteiger partial charge on any atom is 0.309 e. The molecule has 1 heterocycles. The zero-order valence-corrected chi connectivity index (χ0v) is 19.3. The number of likely N-dealkylation sites (tertiary alicyclic amines) is 1. The van der Waals surface area contributed by atoms with Crippen molar-refractivity contribution in [2.24, 2.45) is 5.92 Å². The van der Waals surface area contributed by atoms with E-state index in [0.29, 0.717) is 25.9 Å². The Morgan fingerprint density at radius 2 is 1.75 bits per heavy atom. The molecule has 1 aromatic carbocycles. The normalized spacial score (nSPS) is 14.8. The van der Waals surface area contributed by atoms with Crippen LogP contribution in [0.2, 0.25) is 0 Å². The number of likely N-dealkylation sites (N-methyl/N-ethyl adjacent to an activating group) is 1. The first-order chi connectivity index (χ1) is 15.0. The molecule has 0 spiro atoms. The number of carbonyl (C=O) groups excluding carboxylic acids is 4. The van der Waals surface area contributed by atoms with Gasteiger partial charge in [0, 0.05) is 31.8 Å². The molecule has 0 atom stereocenters. The van der Waals surface area contributed by atoms with Gasteiger partial charge in [-0.2, -0.15) is 0 Å². The Bertz CT molecular complexity index is 837. The van der Waals surface area contributed by atoms with E-state index < -0.39 is 18.5 Å². The van der Waals surface area contributed by atoms with E-state index in [0.717, 1.165) is 5.56 Å². The Morgan fingerprint density at radius 1 is 1.12 bits per heavy atom. The minimum absolute atomic E-state index is 0.0917. The molecule has 0 bridgehead atoms. The van der Waals surface area contributed by atoms with Gasteiger partial charge in [0.2, 0.25) is 11.8 Å². The molecule has 0 saturated carbocycles. The van der Waals surface area contributed by atoms with Gasteiger partial charge in [0.15, 0.2) is 6.61 Å². The van der Waals surface area contributed by atoms with Gasteiger partial charge in [-0.15, -0.1) is 0 Å². The fourth-order valence-corrected chi connectivity index (χ4v) is 3.29. The van der Waals surface area contributed by atoms with Gasteiger partial charge in [-0.1, -0.05) is 30.3 Å². The largest absolute Gasteiger partial charge is 0.455 e. The summed E-state index contributed by atoms with van der Waals surface area (Å²) in [6.07, 6.45) is 4.29. The third-order valence-electron chi connectivity index (χ3n) is 5.02. The molecule has 1 aliphatic heterocycles. The Morgan fingerprint density at radius 3 is 2.34 bits per heavy atom. The average molecular weight is 444 g/mol. The van der Waals surface area contributed by atoms with Crippen molar-refractivity contribution in [1.82, 2.24) is 15.1 Å². The number of rotatable bonds is 7. The summed E-state index contributed by atoms with van der Waals surface area (Å²) in [7, 11) is 1.49. The van der Waals surface area contributed by atoms with E-state index >= 15 is 0 Å². The highest BCUT2D eigenvalue weighted by molar-refractivity contribution is 5.92. The van der Waals surface area contributed by atoms with Crippen molar-refractivity contribution in [2.45, 2.75) is 39.2 Å². The number of ether oxygens (including phenoxy) is 1. The first-order valence-corrected chi connectivity index (χ1v) is 10.8. The second kappa shape index (κ2) is 11.5. The number of esters is 1. The Kier molecular flexibility index (Phi) is 8.99. The summed E-state index contributed by atoms with van der Waals surface area (Å²) in [6.45, 7) is 5.96. The van der Waals surface area contributed by atoms with E-state index in [1.807, 2.05) is 51.1 Å². The van der Waals surface area contributed by atoms with Gasteiger partial charge in [0.05, 0.1) is 12.5 Å². The Hall–Kier alpha value is -3.16. The van der Waals surface area contributed by atoms with Gasteiger partial charge < -0.3 is 19.9 Å². The van der Waals surface area contributed by atoms with Crippen LogP contribution in [0.15, 0.2) is 36.4 Å². The number of nitrogens with zero attached hydrogens (tertiary/aromatic N) is 2. The van der Waals surface area contributed by atoms with Crippen LogP contribution in [0.4, 0.5) is 0 Å². The van der Waals surface area contributed by atoms with Crippen molar-refractivity contribution in [3.8, 4) is 0 Å². The molecule has 1 aliphatic rings. The zero-order valence-electron chi connectivity index (χ0n) is 19.3. The molecule has 0 aromatic heterocycles. The quantitative estimate of drug-likeness (QED) is 0.513. The zero-order chi connectivity index (χ0) is 23.7. The number of hydrogen-bond acceptors (Lipinski definition) is 5. The summed E-state index contributed by atoms with van der Waals surface area (Å²) in [6, 6.07) is 9.57. The van der Waals surface area contributed by atoms with Crippen LogP contribution < -0.4 is 5.32 Å². The van der Waals surface area contributed by atoms with E-state index in [-0.39, 0.29) is 29.8 Å².